The van der Waals surface area contributed by atoms with Gasteiger partial charge in [0.25, 0.3) is 0 Å². The van der Waals surface area contributed by atoms with E-state index in [1.165, 1.54) is 43.1 Å². The Morgan fingerprint density at radius 2 is 1.12 bits per heavy atom. The lowest BCUT2D eigenvalue weighted by Gasteiger charge is -2.15. The van der Waals surface area contributed by atoms with E-state index in [1.807, 2.05) is 30.5 Å². The van der Waals surface area contributed by atoms with Crippen LogP contribution in [-0.4, -0.2) is 9.97 Å². The van der Waals surface area contributed by atoms with Crippen molar-refractivity contribution in [2.75, 3.05) is 0 Å². The zero-order valence-electron chi connectivity index (χ0n) is 17.3. The lowest BCUT2D eigenvalue weighted by Crippen LogP contribution is -1.92. The van der Waals surface area contributed by atoms with Crippen LogP contribution in [0.4, 0.5) is 0 Å². The number of fused-ring (bicyclic) bond motifs is 8. The van der Waals surface area contributed by atoms with E-state index in [2.05, 4.69) is 78.9 Å². The average Bonchev–Trinajstić information content (AvgIpc) is 2.87. The van der Waals surface area contributed by atoms with Gasteiger partial charge < -0.3 is 0 Å². The zero-order valence-corrected chi connectivity index (χ0v) is 17.3. The number of para-hydroxylation sites is 2. The Hall–Kier alpha value is -4.30. The highest BCUT2D eigenvalue weighted by atomic mass is 14.8. The molecule has 2 nitrogen and oxygen atoms in total. The molecule has 7 rings (SSSR count). The SMILES string of the molecule is c1ccc2c(c1)ccc1c2cc(-c2cnc3ccccc3n2)c2c3ccccc3ccc12. The lowest BCUT2D eigenvalue weighted by molar-refractivity contribution is 1.30. The number of rotatable bonds is 1. The summed E-state index contributed by atoms with van der Waals surface area (Å²) in [7, 11) is 0. The molecule has 1 aromatic heterocycles. The van der Waals surface area contributed by atoms with Crippen molar-refractivity contribution in [1.29, 1.82) is 0 Å². The van der Waals surface area contributed by atoms with Crippen molar-refractivity contribution in [3.8, 4) is 11.3 Å². The minimum Gasteiger partial charge on any atom is -0.252 e. The zero-order chi connectivity index (χ0) is 21.1. The molecule has 0 fully saturated rings. The van der Waals surface area contributed by atoms with E-state index in [4.69, 9.17) is 9.97 Å². The molecule has 0 N–H and O–H groups in total. The molecule has 0 saturated carbocycles. The molecule has 0 bridgehead atoms. The Morgan fingerprint density at radius 3 is 1.97 bits per heavy atom. The van der Waals surface area contributed by atoms with E-state index in [9.17, 15) is 0 Å². The maximum atomic E-state index is 5.03. The lowest BCUT2D eigenvalue weighted by atomic mass is 9.90. The summed E-state index contributed by atoms with van der Waals surface area (Å²) in [6.07, 6.45) is 1.91. The Labute approximate surface area is 184 Å². The molecule has 0 amide bonds. The maximum Gasteiger partial charge on any atom is 0.0899 e. The summed E-state index contributed by atoms with van der Waals surface area (Å²) in [5, 5.41) is 9.97. The second-order valence-electron chi connectivity index (χ2n) is 8.26. The minimum absolute atomic E-state index is 0.903. The normalized spacial score (nSPS) is 11.8. The molecule has 0 atom stereocenters. The summed E-state index contributed by atoms with van der Waals surface area (Å²) in [5.74, 6) is 0. The molecule has 0 aliphatic heterocycles. The second-order valence-corrected chi connectivity index (χ2v) is 8.26. The Kier molecular flexibility index (Phi) is 3.58. The van der Waals surface area contributed by atoms with Gasteiger partial charge in [-0.2, -0.15) is 0 Å². The molecule has 0 radical (unpaired) electrons. The van der Waals surface area contributed by atoms with E-state index < -0.39 is 0 Å². The van der Waals surface area contributed by atoms with Crippen LogP contribution in [0.25, 0.3) is 65.4 Å². The molecule has 7 aromatic rings. The van der Waals surface area contributed by atoms with E-state index in [-0.39, 0.29) is 0 Å². The van der Waals surface area contributed by atoms with Crippen molar-refractivity contribution in [2.45, 2.75) is 0 Å². The highest BCUT2D eigenvalue weighted by Gasteiger charge is 2.15. The van der Waals surface area contributed by atoms with E-state index in [0.717, 1.165) is 22.3 Å². The summed E-state index contributed by atoms with van der Waals surface area (Å²) in [5.41, 5.74) is 3.85. The first-order valence-corrected chi connectivity index (χ1v) is 10.8. The summed E-state index contributed by atoms with van der Waals surface area (Å²) in [4.78, 5) is 9.75. The van der Waals surface area contributed by atoms with Crippen LogP contribution in [-0.2, 0) is 0 Å². The van der Waals surface area contributed by atoms with Crippen LogP contribution in [0.5, 0.6) is 0 Å². The van der Waals surface area contributed by atoms with Crippen molar-refractivity contribution in [1.82, 2.24) is 9.97 Å². The Balaban J connectivity index is 1.72. The van der Waals surface area contributed by atoms with Gasteiger partial charge in [0.15, 0.2) is 0 Å². The van der Waals surface area contributed by atoms with Crippen LogP contribution in [0.1, 0.15) is 0 Å². The first kappa shape index (κ1) is 17.4. The van der Waals surface area contributed by atoms with Crippen LogP contribution >= 0.6 is 0 Å². The maximum absolute atomic E-state index is 5.03. The number of hydrogen-bond donors (Lipinski definition) is 0. The van der Waals surface area contributed by atoms with Gasteiger partial charge in [-0.05, 0) is 61.3 Å². The minimum atomic E-state index is 0.903. The van der Waals surface area contributed by atoms with E-state index in [1.54, 1.807) is 0 Å². The smallest absolute Gasteiger partial charge is 0.0899 e. The summed E-state index contributed by atoms with van der Waals surface area (Å²) < 4.78 is 0. The number of aromatic nitrogens is 2. The molecule has 0 unspecified atom stereocenters. The molecule has 2 heteroatoms. The number of hydrogen-bond acceptors (Lipinski definition) is 2. The second kappa shape index (κ2) is 6.60. The van der Waals surface area contributed by atoms with Gasteiger partial charge in [0.2, 0.25) is 0 Å². The highest BCUT2D eigenvalue weighted by Crippen LogP contribution is 2.40. The highest BCUT2D eigenvalue weighted by molar-refractivity contribution is 6.26. The quantitative estimate of drug-likeness (QED) is 0.259. The van der Waals surface area contributed by atoms with E-state index >= 15 is 0 Å². The first-order chi connectivity index (χ1) is 15.9. The third kappa shape index (κ3) is 2.47. The Bertz CT molecular complexity index is 1830. The van der Waals surface area contributed by atoms with Gasteiger partial charge in [-0.15, -0.1) is 0 Å². The molecule has 0 spiro atoms. The standard InChI is InChI=1S/C30H18N2/c1-3-9-21-19(7-1)13-15-23-24-16-14-20-8-2-4-10-22(20)30(24)26(17-25(21)23)29-18-31-27-11-5-6-12-28(27)32-29/h1-18H. The summed E-state index contributed by atoms with van der Waals surface area (Å²) >= 11 is 0. The summed E-state index contributed by atoms with van der Waals surface area (Å²) in [6.45, 7) is 0. The monoisotopic (exact) mass is 406 g/mol. The molecule has 32 heavy (non-hydrogen) atoms. The van der Waals surface area contributed by atoms with Crippen molar-refractivity contribution >= 4 is 54.1 Å². The predicted molar refractivity (Wildman–Crippen MR) is 135 cm³/mol. The average molecular weight is 406 g/mol. The van der Waals surface area contributed by atoms with Crippen LogP contribution in [0.15, 0.2) is 109 Å². The van der Waals surface area contributed by atoms with Crippen molar-refractivity contribution in [3.05, 3.63) is 109 Å². The van der Waals surface area contributed by atoms with Gasteiger partial charge in [0.05, 0.1) is 22.9 Å². The Morgan fingerprint density at radius 1 is 0.469 bits per heavy atom. The molecule has 0 aliphatic rings. The van der Waals surface area contributed by atoms with Crippen molar-refractivity contribution < 1.29 is 0 Å². The first-order valence-electron chi connectivity index (χ1n) is 10.8. The fourth-order valence-corrected chi connectivity index (χ4v) is 4.98. The van der Waals surface area contributed by atoms with Gasteiger partial charge in [0, 0.05) is 5.56 Å². The fraction of sp³-hybridized carbons (Fsp3) is 0. The van der Waals surface area contributed by atoms with Gasteiger partial charge >= 0.3 is 0 Å². The van der Waals surface area contributed by atoms with Crippen molar-refractivity contribution in [2.24, 2.45) is 0 Å². The molecule has 0 saturated heterocycles. The number of benzene rings is 6. The van der Waals surface area contributed by atoms with Crippen LogP contribution in [0.2, 0.25) is 0 Å². The predicted octanol–water partition coefficient (Wildman–Crippen LogP) is 7.91. The fourth-order valence-electron chi connectivity index (χ4n) is 4.98. The number of nitrogens with zero attached hydrogens (tertiary/aromatic N) is 2. The van der Waals surface area contributed by atoms with Gasteiger partial charge in [-0.25, -0.2) is 4.98 Å². The summed E-state index contributed by atoms with van der Waals surface area (Å²) in [6, 6.07) is 36.5. The molecular weight excluding hydrogens is 388 g/mol. The third-order valence-corrected chi connectivity index (χ3v) is 6.47. The van der Waals surface area contributed by atoms with Crippen LogP contribution in [0, 0.1) is 0 Å². The van der Waals surface area contributed by atoms with Gasteiger partial charge in [-0.3, -0.25) is 4.98 Å². The molecular formula is C30H18N2. The topological polar surface area (TPSA) is 25.8 Å². The molecule has 148 valence electrons. The molecule has 1 heterocycles. The third-order valence-electron chi connectivity index (χ3n) is 6.47. The molecule has 0 aliphatic carbocycles. The van der Waals surface area contributed by atoms with Gasteiger partial charge in [0.1, 0.15) is 0 Å². The van der Waals surface area contributed by atoms with E-state index in [0.29, 0.717) is 0 Å². The largest absolute Gasteiger partial charge is 0.252 e. The van der Waals surface area contributed by atoms with Crippen LogP contribution in [0.3, 0.4) is 0 Å². The van der Waals surface area contributed by atoms with Gasteiger partial charge in [-0.1, -0.05) is 84.9 Å². The van der Waals surface area contributed by atoms with Crippen molar-refractivity contribution in [3.63, 3.8) is 0 Å². The van der Waals surface area contributed by atoms with Crippen LogP contribution < -0.4 is 0 Å². The molecule has 6 aromatic carbocycles.